The summed E-state index contributed by atoms with van der Waals surface area (Å²) in [7, 11) is 0.344. The Morgan fingerprint density at radius 3 is 1.92 bits per heavy atom. The van der Waals surface area contributed by atoms with Gasteiger partial charge < -0.3 is 9.47 Å². The van der Waals surface area contributed by atoms with Gasteiger partial charge in [-0.1, -0.05) is 85.3 Å². The van der Waals surface area contributed by atoms with E-state index in [-0.39, 0.29) is 5.92 Å². The maximum absolute atomic E-state index is 14.5. The van der Waals surface area contributed by atoms with Crippen molar-refractivity contribution in [2.75, 3.05) is 33.7 Å². The summed E-state index contributed by atoms with van der Waals surface area (Å²) in [6, 6.07) is 28.8. The van der Waals surface area contributed by atoms with E-state index in [9.17, 15) is 8.42 Å². The number of sulfonamides is 1. The van der Waals surface area contributed by atoms with Crippen molar-refractivity contribution in [2.24, 2.45) is 0 Å². The van der Waals surface area contributed by atoms with Crippen LogP contribution in [0.2, 0.25) is 0 Å². The van der Waals surface area contributed by atoms with E-state index in [2.05, 4.69) is 45.9 Å². The molecule has 0 radical (unpaired) electrons. The molecule has 4 aromatic rings. The highest BCUT2D eigenvalue weighted by molar-refractivity contribution is 7.89. The first-order valence-electron chi connectivity index (χ1n) is 12.8. The fraction of sp³-hybridized carbons (Fsp3) is 0.333. The molecular weight excluding hydrogens is 466 g/mol. The molecule has 1 aliphatic heterocycles. The van der Waals surface area contributed by atoms with Crippen LogP contribution in [0.15, 0.2) is 90.0 Å². The monoisotopic (exact) mass is 501 g/mol. The minimum absolute atomic E-state index is 0.201. The molecule has 1 aromatic heterocycles. The summed E-state index contributed by atoms with van der Waals surface area (Å²) in [5, 5.41) is 1.45. The van der Waals surface area contributed by atoms with Crippen LogP contribution in [0.1, 0.15) is 41.9 Å². The standard InChI is InChI=1S/C30H35N3O2S/c1-31(2)22-23-33-27-19-11-10-18-26(27)29(30(33)36(34,35)32-20-12-5-13-21-32)28(24-14-6-3-7-15-24)25-16-8-4-9-17-25/h3-4,6-11,14-19,28H,5,12-13,20-23H2,1-2H3. The fourth-order valence-electron chi connectivity index (χ4n) is 5.43. The van der Waals surface area contributed by atoms with E-state index < -0.39 is 10.0 Å². The van der Waals surface area contributed by atoms with E-state index in [1.54, 1.807) is 4.31 Å². The van der Waals surface area contributed by atoms with E-state index in [0.717, 1.165) is 53.4 Å². The predicted octanol–water partition coefficient (Wildman–Crippen LogP) is 5.56. The first-order chi connectivity index (χ1) is 17.5. The zero-order chi connectivity index (χ0) is 25.1. The highest BCUT2D eigenvalue weighted by Crippen LogP contribution is 2.43. The second-order valence-electron chi connectivity index (χ2n) is 9.91. The maximum Gasteiger partial charge on any atom is 0.259 e. The van der Waals surface area contributed by atoms with Gasteiger partial charge in [0.1, 0.15) is 0 Å². The van der Waals surface area contributed by atoms with Gasteiger partial charge in [-0.25, -0.2) is 8.42 Å². The molecule has 0 amide bonds. The van der Waals surface area contributed by atoms with Gasteiger partial charge >= 0.3 is 0 Å². The third-order valence-electron chi connectivity index (χ3n) is 7.19. The van der Waals surface area contributed by atoms with Gasteiger partial charge in [0.2, 0.25) is 0 Å². The average Bonchev–Trinajstić information content (AvgIpc) is 3.24. The molecule has 0 bridgehead atoms. The van der Waals surface area contributed by atoms with Crippen LogP contribution in [-0.4, -0.2) is 55.9 Å². The molecule has 1 fully saturated rings. The molecule has 1 aliphatic rings. The van der Waals surface area contributed by atoms with Crippen molar-refractivity contribution in [3.8, 4) is 0 Å². The normalized spacial score (nSPS) is 15.2. The van der Waals surface area contributed by atoms with Crippen LogP contribution in [0, 0.1) is 0 Å². The van der Waals surface area contributed by atoms with Crippen LogP contribution in [0.5, 0.6) is 0 Å². The van der Waals surface area contributed by atoms with Crippen molar-refractivity contribution in [1.82, 2.24) is 13.8 Å². The number of nitrogens with zero attached hydrogens (tertiary/aromatic N) is 3. The van der Waals surface area contributed by atoms with E-state index in [1.165, 1.54) is 0 Å². The van der Waals surface area contributed by atoms with Gasteiger partial charge in [0.15, 0.2) is 5.03 Å². The van der Waals surface area contributed by atoms with Gasteiger partial charge in [0.25, 0.3) is 10.0 Å². The number of para-hydroxylation sites is 1. The van der Waals surface area contributed by atoms with Crippen LogP contribution in [0.3, 0.4) is 0 Å². The van der Waals surface area contributed by atoms with Gasteiger partial charge in [-0.2, -0.15) is 4.31 Å². The Labute approximate surface area is 215 Å². The summed E-state index contributed by atoms with van der Waals surface area (Å²) in [5.74, 6) is -0.201. The van der Waals surface area contributed by atoms with E-state index in [0.29, 0.717) is 24.7 Å². The molecule has 0 unspecified atom stereocenters. The van der Waals surface area contributed by atoms with Crippen molar-refractivity contribution in [3.63, 3.8) is 0 Å². The van der Waals surface area contributed by atoms with Gasteiger partial charge in [0.05, 0.1) is 0 Å². The Bertz CT molecular complexity index is 1370. The second kappa shape index (κ2) is 10.6. The first-order valence-corrected chi connectivity index (χ1v) is 14.3. The first kappa shape index (κ1) is 24.8. The maximum atomic E-state index is 14.5. The lowest BCUT2D eigenvalue weighted by atomic mass is 9.85. The van der Waals surface area contributed by atoms with Crippen LogP contribution < -0.4 is 0 Å². The van der Waals surface area contributed by atoms with Crippen LogP contribution in [-0.2, 0) is 16.6 Å². The summed E-state index contributed by atoms with van der Waals surface area (Å²) in [6.07, 6.45) is 2.90. The third kappa shape index (κ3) is 4.73. The number of fused-ring (bicyclic) bond motifs is 1. The SMILES string of the molecule is CN(C)CCn1c(S(=O)(=O)N2CCCCC2)c(C(c2ccccc2)c2ccccc2)c2ccccc21. The van der Waals surface area contributed by atoms with Crippen LogP contribution in [0.25, 0.3) is 10.9 Å². The van der Waals surface area contributed by atoms with Crippen molar-refractivity contribution in [2.45, 2.75) is 36.8 Å². The number of hydrogen-bond acceptors (Lipinski definition) is 3. The molecule has 5 nitrogen and oxygen atoms in total. The molecule has 0 spiro atoms. The third-order valence-corrected chi connectivity index (χ3v) is 9.16. The molecule has 0 atom stereocenters. The highest BCUT2D eigenvalue weighted by Gasteiger charge is 2.37. The molecule has 3 aromatic carbocycles. The Balaban J connectivity index is 1.84. The zero-order valence-corrected chi connectivity index (χ0v) is 22.0. The lowest BCUT2D eigenvalue weighted by molar-refractivity contribution is 0.340. The Kier molecular flexibility index (Phi) is 7.28. The Morgan fingerprint density at radius 1 is 0.778 bits per heavy atom. The molecule has 1 saturated heterocycles. The van der Waals surface area contributed by atoms with Crippen LogP contribution in [0.4, 0.5) is 0 Å². The molecule has 0 aliphatic carbocycles. The van der Waals surface area contributed by atoms with Crippen LogP contribution >= 0.6 is 0 Å². The van der Waals surface area contributed by atoms with Gasteiger partial charge in [-0.15, -0.1) is 0 Å². The summed E-state index contributed by atoms with van der Waals surface area (Å²) >= 11 is 0. The number of aromatic nitrogens is 1. The minimum atomic E-state index is -3.72. The number of likely N-dealkylation sites (N-methyl/N-ethyl adjacent to an activating group) is 1. The quantitative estimate of drug-likeness (QED) is 0.318. The molecular formula is C30H35N3O2S. The molecule has 6 heteroatoms. The van der Waals surface area contributed by atoms with Gasteiger partial charge in [-0.3, -0.25) is 0 Å². The second-order valence-corrected chi connectivity index (χ2v) is 11.8. The summed E-state index contributed by atoms with van der Waals surface area (Å²) < 4.78 is 32.8. The Morgan fingerprint density at radius 2 is 1.33 bits per heavy atom. The fourth-order valence-corrected chi connectivity index (χ4v) is 7.39. The molecule has 2 heterocycles. The summed E-state index contributed by atoms with van der Waals surface area (Å²) in [4.78, 5) is 2.11. The number of rotatable bonds is 8. The van der Waals surface area contributed by atoms with E-state index >= 15 is 0 Å². The number of piperidine rings is 1. The minimum Gasteiger partial charge on any atom is -0.329 e. The molecule has 0 N–H and O–H groups in total. The zero-order valence-electron chi connectivity index (χ0n) is 21.2. The van der Waals surface area contributed by atoms with Crippen molar-refractivity contribution in [1.29, 1.82) is 0 Å². The van der Waals surface area contributed by atoms with Gasteiger partial charge in [0, 0.05) is 48.6 Å². The van der Waals surface area contributed by atoms with E-state index in [4.69, 9.17) is 0 Å². The van der Waals surface area contributed by atoms with Gasteiger partial charge in [-0.05, 0) is 44.1 Å². The number of hydrogen-bond donors (Lipinski definition) is 0. The molecule has 36 heavy (non-hydrogen) atoms. The van der Waals surface area contributed by atoms with Crippen molar-refractivity contribution in [3.05, 3.63) is 102 Å². The smallest absolute Gasteiger partial charge is 0.259 e. The molecule has 5 rings (SSSR count). The average molecular weight is 502 g/mol. The highest BCUT2D eigenvalue weighted by atomic mass is 32.2. The lowest BCUT2D eigenvalue weighted by Crippen LogP contribution is -2.37. The lowest BCUT2D eigenvalue weighted by Gasteiger charge is -2.29. The largest absolute Gasteiger partial charge is 0.329 e. The van der Waals surface area contributed by atoms with E-state index in [1.807, 2.05) is 62.6 Å². The van der Waals surface area contributed by atoms with Crippen molar-refractivity contribution >= 4 is 20.9 Å². The van der Waals surface area contributed by atoms with Crippen molar-refractivity contribution < 1.29 is 8.42 Å². The predicted molar refractivity (Wildman–Crippen MR) is 147 cm³/mol. The topological polar surface area (TPSA) is 45.6 Å². The summed E-state index contributed by atoms with van der Waals surface area (Å²) in [6.45, 7) is 2.52. The summed E-state index contributed by atoms with van der Waals surface area (Å²) in [5.41, 5.74) is 4.04. The number of benzene rings is 3. The Hall–Kier alpha value is -2.93. The molecule has 0 saturated carbocycles. The molecule has 188 valence electrons.